The fraction of sp³-hybridized carbons (Fsp3) is 0.833. The van der Waals surface area contributed by atoms with E-state index in [4.69, 9.17) is 0 Å². The number of rotatable bonds is 5. The van der Waals surface area contributed by atoms with E-state index in [2.05, 4.69) is 10.6 Å². The van der Waals surface area contributed by atoms with Gasteiger partial charge in [-0.05, 0) is 18.8 Å². The zero-order valence-electron chi connectivity index (χ0n) is 10.6. The molecular formula is C12H22N2O3. The number of carboxylic acid groups (broad SMARTS) is 1. The second kappa shape index (κ2) is 5.89. The van der Waals surface area contributed by atoms with Crippen molar-refractivity contribution in [2.24, 2.45) is 11.3 Å². The number of aliphatic carboxylic acids is 1. The third kappa shape index (κ3) is 3.91. The number of carbonyl (C=O) groups excluding carboxylic acids is 1. The maximum atomic E-state index is 11.5. The van der Waals surface area contributed by atoms with E-state index in [9.17, 15) is 14.7 Å². The van der Waals surface area contributed by atoms with Gasteiger partial charge in [0.15, 0.2) is 0 Å². The number of carboxylic acids is 1. The first kappa shape index (κ1) is 13.8. The van der Waals surface area contributed by atoms with Crippen LogP contribution in [-0.2, 0) is 4.79 Å². The molecule has 0 aliphatic heterocycles. The standard InChI is InChI=1S/C12H22N2O3/c1-9(2)7-13-11(17)14-8-12(10(15)16)5-3-4-6-12/h9H,3-8H2,1-2H3,(H,15,16)(H2,13,14,17). The highest BCUT2D eigenvalue weighted by atomic mass is 16.4. The van der Waals surface area contributed by atoms with Crippen LogP contribution in [-0.4, -0.2) is 30.2 Å². The van der Waals surface area contributed by atoms with Crippen LogP contribution in [0.1, 0.15) is 39.5 Å². The molecule has 0 radical (unpaired) electrons. The summed E-state index contributed by atoms with van der Waals surface area (Å²) < 4.78 is 0. The van der Waals surface area contributed by atoms with Crippen molar-refractivity contribution < 1.29 is 14.7 Å². The molecule has 5 nitrogen and oxygen atoms in total. The van der Waals surface area contributed by atoms with Crippen molar-refractivity contribution in [3.05, 3.63) is 0 Å². The first-order chi connectivity index (χ1) is 7.96. The predicted octanol–water partition coefficient (Wildman–Crippen LogP) is 1.59. The molecule has 1 saturated carbocycles. The number of hydrogen-bond acceptors (Lipinski definition) is 2. The summed E-state index contributed by atoms with van der Waals surface area (Å²) in [7, 11) is 0. The fourth-order valence-corrected chi connectivity index (χ4v) is 2.13. The summed E-state index contributed by atoms with van der Waals surface area (Å²) in [6, 6.07) is -0.272. The molecule has 5 heteroatoms. The molecule has 1 aliphatic carbocycles. The van der Waals surface area contributed by atoms with Crippen LogP contribution in [0.15, 0.2) is 0 Å². The predicted molar refractivity (Wildman–Crippen MR) is 64.8 cm³/mol. The Kier molecular flexibility index (Phi) is 4.78. The number of carbonyl (C=O) groups is 2. The zero-order valence-corrected chi connectivity index (χ0v) is 10.6. The number of amides is 2. The Hall–Kier alpha value is -1.26. The van der Waals surface area contributed by atoms with Crippen molar-refractivity contribution in [3.8, 4) is 0 Å². The smallest absolute Gasteiger partial charge is 0.314 e. The monoisotopic (exact) mass is 242 g/mol. The highest BCUT2D eigenvalue weighted by Crippen LogP contribution is 2.37. The fourth-order valence-electron chi connectivity index (χ4n) is 2.13. The lowest BCUT2D eigenvalue weighted by Gasteiger charge is -2.24. The first-order valence-electron chi connectivity index (χ1n) is 6.21. The second-order valence-electron chi connectivity index (χ2n) is 5.25. The van der Waals surface area contributed by atoms with Gasteiger partial charge in [-0.25, -0.2) is 4.79 Å². The number of hydrogen-bond donors (Lipinski definition) is 3. The van der Waals surface area contributed by atoms with Crippen molar-refractivity contribution >= 4 is 12.0 Å². The SMILES string of the molecule is CC(C)CNC(=O)NCC1(C(=O)O)CCCC1. The van der Waals surface area contributed by atoms with Crippen molar-refractivity contribution in [2.75, 3.05) is 13.1 Å². The minimum absolute atomic E-state index is 0.228. The average molecular weight is 242 g/mol. The van der Waals surface area contributed by atoms with E-state index in [1.807, 2.05) is 13.8 Å². The minimum Gasteiger partial charge on any atom is -0.481 e. The third-order valence-electron chi connectivity index (χ3n) is 3.27. The third-order valence-corrected chi connectivity index (χ3v) is 3.27. The molecule has 1 rings (SSSR count). The molecule has 98 valence electrons. The molecule has 0 spiro atoms. The van der Waals surface area contributed by atoms with Gasteiger partial charge in [-0.3, -0.25) is 4.79 Å². The van der Waals surface area contributed by atoms with Crippen LogP contribution in [0, 0.1) is 11.3 Å². The lowest BCUT2D eigenvalue weighted by molar-refractivity contribution is -0.148. The summed E-state index contributed by atoms with van der Waals surface area (Å²) in [5.41, 5.74) is -0.741. The molecule has 0 saturated heterocycles. The Labute approximate surface area is 102 Å². The van der Waals surface area contributed by atoms with Crippen LogP contribution in [0.25, 0.3) is 0 Å². The van der Waals surface area contributed by atoms with E-state index in [1.54, 1.807) is 0 Å². The quantitative estimate of drug-likeness (QED) is 0.685. The molecular weight excluding hydrogens is 220 g/mol. The molecule has 0 unspecified atom stereocenters. The summed E-state index contributed by atoms with van der Waals surface area (Å²) in [4.78, 5) is 22.7. The highest BCUT2D eigenvalue weighted by molar-refractivity contribution is 5.78. The van der Waals surface area contributed by atoms with Gasteiger partial charge < -0.3 is 15.7 Å². The molecule has 0 aromatic carbocycles. The Balaban J connectivity index is 2.37. The minimum atomic E-state index is -0.792. The van der Waals surface area contributed by atoms with Gasteiger partial charge in [0.25, 0.3) is 0 Å². The van der Waals surface area contributed by atoms with E-state index in [1.165, 1.54) is 0 Å². The van der Waals surface area contributed by atoms with Gasteiger partial charge in [0.05, 0.1) is 5.41 Å². The van der Waals surface area contributed by atoms with Crippen molar-refractivity contribution in [3.63, 3.8) is 0 Å². The number of urea groups is 1. The molecule has 1 aliphatic rings. The van der Waals surface area contributed by atoms with Crippen molar-refractivity contribution in [1.29, 1.82) is 0 Å². The van der Waals surface area contributed by atoms with Gasteiger partial charge in [-0.1, -0.05) is 26.7 Å². The van der Waals surface area contributed by atoms with Gasteiger partial charge in [0.2, 0.25) is 0 Å². The second-order valence-corrected chi connectivity index (χ2v) is 5.25. The number of nitrogens with one attached hydrogen (secondary N) is 2. The van der Waals surface area contributed by atoms with Gasteiger partial charge in [0.1, 0.15) is 0 Å². The molecule has 17 heavy (non-hydrogen) atoms. The molecule has 3 N–H and O–H groups in total. The normalized spacial score (nSPS) is 18.1. The summed E-state index contributed by atoms with van der Waals surface area (Å²) >= 11 is 0. The van der Waals surface area contributed by atoms with E-state index in [0.29, 0.717) is 25.3 Å². The largest absolute Gasteiger partial charge is 0.481 e. The maximum Gasteiger partial charge on any atom is 0.314 e. The van der Waals surface area contributed by atoms with Crippen LogP contribution in [0.4, 0.5) is 4.79 Å². The topological polar surface area (TPSA) is 78.4 Å². The van der Waals surface area contributed by atoms with Crippen LogP contribution in [0.5, 0.6) is 0 Å². The molecule has 0 bridgehead atoms. The summed E-state index contributed by atoms with van der Waals surface area (Å²) in [5.74, 6) is -0.403. The zero-order chi connectivity index (χ0) is 12.9. The molecule has 0 aromatic heterocycles. The van der Waals surface area contributed by atoms with E-state index in [-0.39, 0.29) is 12.6 Å². The van der Waals surface area contributed by atoms with Crippen LogP contribution in [0.2, 0.25) is 0 Å². The Morgan fingerprint density at radius 1 is 1.24 bits per heavy atom. The summed E-state index contributed by atoms with van der Waals surface area (Å²) in [5, 5.41) is 14.6. The van der Waals surface area contributed by atoms with Crippen LogP contribution < -0.4 is 10.6 Å². The first-order valence-corrected chi connectivity index (χ1v) is 6.21. The molecule has 1 fully saturated rings. The van der Waals surface area contributed by atoms with Crippen molar-refractivity contribution in [1.82, 2.24) is 10.6 Å². The Morgan fingerprint density at radius 2 is 1.82 bits per heavy atom. The summed E-state index contributed by atoms with van der Waals surface area (Å²) in [6.45, 7) is 4.85. The summed E-state index contributed by atoms with van der Waals surface area (Å²) in [6.07, 6.45) is 3.18. The molecule has 0 heterocycles. The van der Waals surface area contributed by atoms with Crippen LogP contribution >= 0.6 is 0 Å². The molecule has 0 atom stereocenters. The maximum absolute atomic E-state index is 11.5. The van der Waals surface area contributed by atoms with Gasteiger partial charge in [-0.15, -0.1) is 0 Å². The van der Waals surface area contributed by atoms with E-state index in [0.717, 1.165) is 12.8 Å². The lowest BCUT2D eigenvalue weighted by Crippen LogP contribution is -2.45. The van der Waals surface area contributed by atoms with Gasteiger partial charge in [-0.2, -0.15) is 0 Å². The van der Waals surface area contributed by atoms with Crippen molar-refractivity contribution in [2.45, 2.75) is 39.5 Å². The van der Waals surface area contributed by atoms with Gasteiger partial charge >= 0.3 is 12.0 Å². The lowest BCUT2D eigenvalue weighted by atomic mass is 9.86. The average Bonchev–Trinajstić information content (AvgIpc) is 2.73. The molecule has 2 amide bonds. The Morgan fingerprint density at radius 3 is 2.29 bits per heavy atom. The Bertz CT molecular complexity index is 283. The van der Waals surface area contributed by atoms with Crippen LogP contribution in [0.3, 0.4) is 0 Å². The highest BCUT2D eigenvalue weighted by Gasteiger charge is 2.41. The van der Waals surface area contributed by atoms with Gasteiger partial charge in [0, 0.05) is 13.1 Å². The molecule has 0 aromatic rings. The van der Waals surface area contributed by atoms with E-state index >= 15 is 0 Å². The van der Waals surface area contributed by atoms with E-state index < -0.39 is 11.4 Å².